The molecule has 26 heavy (non-hydrogen) atoms. The summed E-state index contributed by atoms with van der Waals surface area (Å²) < 4.78 is 2.69. The maximum atomic E-state index is 12.5. The molecule has 0 bridgehead atoms. The van der Waals surface area contributed by atoms with E-state index in [9.17, 15) is 14.4 Å². The number of nitrogens with zero attached hydrogens (tertiary/aromatic N) is 3. The molecule has 0 aliphatic heterocycles. The lowest BCUT2D eigenvalue weighted by atomic mass is 10.2. The van der Waals surface area contributed by atoms with Crippen molar-refractivity contribution in [3.05, 3.63) is 62.1 Å². The first-order chi connectivity index (χ1) is 12.4. The Morgan fingerprint density at radius 3 is 2.58 bits per heavy atom. The van der Waals surface area contributed by atoms with Gasteiger partial charge in [-0.05, 0) is 0 Å². The van der Waals surface area contributed by atoms with Crippen LogP contribution in [0.25, 0.3) is 11.3 Å². The minimum absolute atomic E-state index is 0.0133. The van der Waals surface area contributed by atoms with Crippen LogP contribution in [-0.2, 0) is 14.1 Å². The maximum Gasteiger partial charge on any atom is 0.332 e. The smallest absolute Gasteiger partial charge is 0.332 e. The largest absolute Gasteiger partial charge is 0.384 e. The van der Waals surface area contributed by atoms with Gasteiger partial charge in [0.15, 0.2) is 10.1 Å². The van der Waals surface area contributed by atoms with Gasteiger partial charge >= 0.3 is 5.69 Å². The molecule has 0 spiro atoms. The fraction of sp³-hybridized carbons (Fsp3) is 0.176. The molecule has 2 N–H and O–H groups in total. The highest BCUT2D eigenvalue weighted by Gasteiger charge is 2.20. The Morgan fingerprint density at radius 1 is 1.19 bits per heavy atom. The van der Waals surface area contributed by atoms with Gasteiger partial charge in [-0.1, -0.05) is 42.1 Å². The molecule has 0 unspecified atom stereocenters. The average molecular weight is 388 g/mol. The van der Waals surface area contributed by atoms with Crippen LogP contribution >= 0.6 is 23.1 Å². The number of hydrogen-bond acceptors (Lipinski definition) is 7. The van der Waals surface area contributed by atoms with Crippen molar-refractivity contribution < 1.29 is 4.79 Å². The Labute approximate surface area is 157 Å². The first-order valence-corrected chi connectivity index (χ1v) is 9.49. The molecule has 0 aliphatic carbocycles. The summed E-state index contributed by atoms with van der Waals surface area (Å²) in [4.78, 5) is 41.1. The highest BCUT2D eigenvalue weighted by Crippen LogP contribution is 2.28. The van der Waals surface area contributed by atoms with Crippen LogP contribution in [0.2, 0.25) is 0 Å². The van der Waals surface area contributed by atoms with Gasteiger partial charge < -0.3 is 5.73 Å². The molecule has 134 valence electrons. The zero-order valence-corrected chi connectivity index (χ0v) is 15.8. The lowest BCUT2D eigenvalue weighted by Gasteiger charge is -2.10. The van der Waals surface area contributed by atoms with Crippen LogP contribution in [-0.4, -0.2) is 25.7 Å². The number of nitrogens with two attached hydrogens (primary N) is 1. The third-order valence-electron chi connectivity index (χ3n) is 3.87. The quantitative estimate of drug-likeness (QED) is 0.528. The molecular formula is C17H16N4O3S2. The summed E-state index contributed by atoms with van der Waals surface area (Å²) >= 11 is 2.67. The van der Waals surface area contributed by atoms with Gasteiger partial charge in [0.2, 0.25) is 0 Å². The SMILES string of the molecule is Cn1c(N)c(C(=O)CSc2nc(-c3ccccc3)cs2)c(=O)n(C)c1=O. The standard InChI is InChI=1S/C17H16N4O3S2/c1-20-14(18)13(15(23)21(2)17(20)24)12(22)9-26-16-19-11(8-25-16)10-6-4-3-5-7-10/h3-8H,9,18H2,1-2H3. The van der Waals surface area contributed by atoms with Gasteiger partial charge in [0.05, 0.1) is 11.4 Å². The molecule has 0 saturated carbocycles. The van der Waals surface area contributed by atoms with Crippen LogP contribution in [0.3, 0.4) is 0 Å². The summed E-state index contributed by atoms with van der Waals surface area (Å²) in [6.07, 6.45) is 0. The number of benzene rings is 1. The molecule has 0 aliphatic rings. The van der Waals surface area contributed by atoms with Crippen molar-refractivity contribution in [2.24, 2.45) is 14.1 Å². The van der Waals surface area contributed by atoms with E-state index in [1.54, 1.807) is 0 Å². The molecule has 3 rings (SSSR count). The summed E-state index contributed by atoms with van der Waals surface area (Å²) in [6.45, 7) is 0. The van der Waals surface area contributed by atoms with Gasteiger partial charge in [-0.15, -0.1) is 11.3 Å². The fourth-order valence-corrected chi connectivity index (χ4v) is 4.09. The molecule has 3 aromatic rings. The number of carbonyl (C=O) groups excluding carboxylic acids is 1. The molecule has 0 atom stereocenters. The number of carbonyl (C=O) groups is 1. The van der Waals surface area contributed by atoms with Crippen LogP contribution in [0.1, 0.15) is 10.4 Å². The molecule has 0 radical (unpaired) electrons. The molecule has 9 heteroatoms. The van der Waals surface area contributed by atoms with Crippen LogP contribution in [0, 0.1) is 0 Å². The molecule has 7 nitrogen and oxygen atoms in total. The average Bonchev–Trinajstić information content (AvgIpc) is 3.13. The normalized spacial score (nSPS) is 10.8. The summed E-state index contributed by atoms with van der Waals surface area (Å²) in [5.74, 6) is -0.535. The van der Waals surface area contributed by atoms with Crippen molar-refractivity contribution in [1.29, 1.82) is 0 Å². The zero-order valence-electron chi connectivity index (χ0n) is 14.1. The van der Waals surface area contributed by atoms with Gasteiger partial charge in [0.1, 0.15) is 11.4 Å². The van der Waals surface area contributed by atoms with E-state index in [1.165, 1.54) is 37.2 Å². The van der Waals surface area contributed by atoms with E-state index in [4.69, 9.17) is 5.73 Å². The van der Waals surface area contributed by atoms with E-state index >= 15 is 0 Å². The number of anilines is 1. The lowest BCUT2D eigenvalue weighted by molar-refractivity contribution is 0.102. The number of Topliss-reactive ketones (excluding diaryl/α,β-unsaturated/α-hetero) is 1. The number of rotatable bonds is 5. The minimum atomic E-state index is -0.680. The lowest BCUT2D eigenvalue weighted by Crippen LogP contribution is -2.41. The predicted molar refractivity (Wildman–Crippen MR) is 104 cm³/mol. The number of hydrogen-bond donors (Lipinski definition) is 1. The fourth-order valence-electron chi connectivity index (χ4n) is 2.39. The Bertz CT molecular complexity index is 1080. The Morgan fingerprint density at radius 2 is 1.88 bits per heavy atom. The first kappa shape index (κ1) is 18.2. The van der Waals surface area contributed by atoms with E-state index in [0.717, 1.165) is 24.7 Å². The predicted octanol–water partition coefficient (Wildman–Crippen LogP) is 1.76. The molecule has 0 saturated heterocycles. The van der Waals surface area contributed by atoms with Gasteiger partial charge in [0, 0.05) is 25.0 Å². The van der Waals surface area contributed by atoms with Crippen LogP contribution in [0.5, 0.6) is 0 Å². The summed E-state index contributed by atoms with van der Waals surface area (Å²) in [5, 5.41) is 1.92. The minimum Gasteiger partial charge on any atom is -0.384 e. The summed E-state index contributed by atoms with van der Waals surface area (Å²) in [5.41, 5.74) is 6.23. The third kappa shape index (κ3) is 3.35. The Kier molecular flexibility index (Phi) is 5.10. The second-order valence-electron chi connectivity index (χ2n) is 5.54. The van der Waals surface area contributed by atoms with E-state index in [0.29, 0.717) is 0 Å². The van der Waals surface area contributed by atoms with Crippen LogP contribution in [0.15, 0.2) is 49.6 Å². The molecular weight excluding hydrogens is 372 g/mol. The molecule has 1 aromatic carbocycles. The number of thiazole rings is 1. The zero-order chi connectivity index (χ0) is 18.8. The Balaban J connectivity index is 1.80. The third-order valence-corrected chi connectivity index (χ3v) is 5.89. The van der Waals surface area contributed by atoms with Crippen molar-refractivity contribution in [2.45, 2.75) is 4.34 Å². The van der Waals surface area contributed by atoms with Gasteiger partial charge in [-0.25, -0.2) is 9.78 Å². The first-order valence-electron chi connectivity index (χ1n) is 7.62. The van der Waals surface area contributed by atoms with E-state index in [2.05, 4.69) is 4.98 Å². The van der Waals surface area contributed by atoms with E-state index in [1.807, 2.05) is 35.7 Å². The Hall–Kier alpha value is -2.65. The summed E-state index contributed by atoms with van der Waals surface area (Å²) in [7, 11) is 2.75. The van der Waals surface area contributed by atoms with E-state index in [-0.39, 0.29) is 17.1 Å². The number of aromatic nitrogens is 3. The second kappa shape index (κ2) is 7.30. The van der Waals surface area contributed by atoms with Crippen molar-refractivity contribution in [2.75, 3.05) is 11.5 Å². The number of nitrogen functional groups attached to an aromatic ring is 1. The van der Waals surface area contributed by atoms with Gasteiger partial charge in [-0.2, -0.15) is 0 Å². The highest BCUT2D eigenvalue weighted by atomic mass is 32.2. The highest BCUT2D eigenvalue weighted by molar-refractivity contribution is 8.01. The monoisotopic (exact) mass is 388 g/mol. The van der Waals surface area contributed by atoms with Crippen LogP contribution < -0.4 is 17.0 Å². The molecule has 0 amide bonds. The van der Waals surface area contributed by atoms with Gasteiger partial charge in [-0.3, -0.25) is 18.7 Å². The molecule has 2 heterocycles. The van der Waals surface area contributed by atoms with Crippen LogP contribution in [0.4, 0.5) is 5.82 Å². The van der Waals surface area contributed by atoms with Crippen molar-refractivity contribution in [1.82, 2.24) is 14.1 Å². The topological polar surface area (TPSA) is 100.0 Å². The van der Waals surface area contributed by atoms with Crippen molar-refractivity contribution >= 4 is 34.7 Å². The maximum absolute atomic E-state index is 12.5. The number of thioether (sulfide) groups is 1. The van der Waals surface area contributed by atoms with E-state index < -0.39 is 17.0 Å². The number of ketones is 1. The molecule has 2 aromatic heterocycles. The van der Waals surface area contributed by atoms with Crippen molar-refractivity contribution in [3.63, 3.8) is 0 Å². The van der Waals surface area contributed by atoms with Crippen molar-refractivity contribution in [3.8, 4) is 11.3 Å². The second-order valence-corrected chi connectivity index (χ2v) is 7.62. The van der Waals surface area contributed by atoms with Gasteiger partial charge in [0.25, 0.3) is 5.56 Å². The summed E-state index contributed by atoms with van der Waals surface area (Å²) in [6, 6.07) is 9.72. The molecule has 0 fully saturated rings.